The molecule has 0 bridgehead atoms. The molecule has 7 heteroatoms. The highest BCUT2D eigenvalue weighted by molar-refractivity contribution is 6.30. The molecule has 0 radical (unpaired) electrons. The number of hydrogen-bond acceptors (Lipinski definition) is 4. The van der Waals surface area contributed by atoms with Crippen LogP contribution in [0.25, 0.3) is 0 Å². The molecule has 2 amide bonds. The Morgan fingerprint density at radius 1 is 1.17 bits per heavy atom. The third-order valence-corrected chi connectivity index (χ3v) is 5.73. The number of rotatable bonds is 5. The van der Waals surface area contributed by atoms with Gasteiger partial charge < -0.3 is 10.6 Å². The van der Waals surface area contributed by atoms with Crippen LogP contribution in [-0.2, 0) is 13.0 Å². The molecule has 3 aromatic rings. The summed E-state index contributed by atoms with van der Waals surface area (Å²) in [4.78, 5) is 35.7. The number of amides is 2. The Morgan fingerprint density at radius 2 is 1.93 bits per heavy atom. The quantitative estimate of drug-likeness (QED) is 0.678. The van der Waals surface area contributed by atoms with E-state index in [0.29, 0.717) is 21.8 Å². The smallest absolute Gasteiger partial charge is 0.267 e. The van der Waals surface area contributed by atoms with Crippen molar-refractivity contribution < 1.29 is 9.59 Å². The fourth-order valence-corrected chi connectivity index (χ4v) is 4.22. The van der Waals surface area contributed by atoms with E-state index in [4.69, 9.17) is 17.3 Å². The van der Waals surface area contributed by atoms with Crippen molar-refractivity contribution in [2.75, 3.05) is 0 Å². The maximum atomic E-state index is 13.6. The van der Waals surface area contributed by atoms with Crippen LogP contribution in [0.15, 0.2) is 54.9 Å². The number of carbonyl (C=O) groups excluding carboxylic acids is 2. The zero-order valence-electron chi connectivity index (χ0n) is 16.5. The molecule has 0 unspecified atom stereocenters. The number of primary amides is 1. The van der Waals surface area contributed by atoms with Gasteiger partial charge in [-0.15, -0.1) is 0 Å². The standard InChI is InChI=1S/C23H21ClN4O2/c1-14-18(5-3-10-26-14)23(30)28(13-16-4-2-11-27-21(16)22(25)29)20-9-7-15-6-8-17(24)12-19(15)20/h2-6,8,10-12,20H,7,9,13H2,1H3,(H2,25,29)/t20-/m1/s1. The predicted octanol–water partition coefficient (Wildman–Crippen LogP) is 3.87. The van der Waals surface area contributed by atoms with Gasteiger partial charge in [-0.3, -0.25) is 19.6 Å². The molecule has 0 saturated heterocycles. The minimum absolute atomic E-state index is 0.155. The van der Waals surface area contributed by atoms with Crippen LogP contribution < -0.4 is 5.73 Å². The summed E-state index contributed by atoms with van der Waals surface area (Å²) in [6.07, 6.45) is 4.80. The molecule has 1 aromatic carbocycles. The van der Waals surface area contributed by atoms with E-state index in [1.54, 1.807) is 35.4 Å². The van der Waals surface area contributed by atoms with Gasteiger partial charge in [-0.05, 0) is 61.2 Å². The van der Waals surface area contributed by atoms with E-state index in [0.717, 1.165) is 18.4 Å². The van der Waals surface area contributed by atoms with Crippen LogP contribution in [-0.4, -0.2) is 26.7 Å². The number of nitrogens with zero attached hydrogens (tertiary/aromatic N) is 3. The molecule has 30 heavy (non-hydrogen) atoms. The summed E-state index contributed by atoms with van der Waals surface area (Å²) in [5, 5.41) is 0.629. The van der Waals surface area contributed by atoms with Crippen molar-refractivity contribution in [3.63, 3.8) is 0 Å². The second-order valence-corrected chi connectivity index (χ2v) is 7.78. The minimum atomic E-state index is -0.620. The van der Waals surface area contributed by atoms with E-state index >= 15 is 0 Å². The largest absolute Gasteiger partial charge is 0.364 e. The van der Waals surface area contributed by atoms with Crippen molar-refractivity contribution in [2.45, 2.75) is 32.4 Å². The molecular formula is C23H21ClN4O2. The summed E-state index contributed by atoms with van der Waals surface area (Å²) in [6.45, 7) is 2.01. The van der Waals surface area contributed by atoms with Crippen LogP contribution in [0.3, 0.4) is 0 Å². The van der Waals surface area contributed by atoms with E-state index in [1.165, 1.54) is 11.8 Å². The van der Waals surface area contributed by atoms with E-state index in [9.17, 15) is 9.59 Å². The van der Waals surface area contributed by atoms with Crippen molar-refractivity contribution in [3.05, 3.63) is 93.5 Å². The molecule has 1 atom stereocenters. The predicted molar refractivity (Wildman–Crippen MR) is 114 cm³/mol. The van der Waals surface area contributed by atoms with E-state index < -0.39 is 5.91 Å². The highest BCUT2D eigenvalue weighted by atomic mass is 35.5. The number of aromatic nitrogens is 2. The molecule has 2 N–H and O–H groups in total. The molecule has 6 nitrogen and oxygen atoms in total. The van der Waals surface area contributed by atoms with Crippen LogP contribution >= 0.6 is 11.6 Å². The first kappa shape index (κ1) is 20.0. The van der Waals surface area contributed by atoms with Crippen LogP contribution in [0.1, 0.15) is 55.7 Å². The van der Waals surface area contributed by atoms with Gasteiger partial charge in [0.1, 0.15) is 5.69 Å². The Morgan fingerprint density at radius 3 is 2.70 bits per heavy atom. The molecule has 0 aliphatic heterocycles. The summed E-state index contributed by atoms with van der Waals surface area (Å²) >= 11 is 6.26. The van der Waals surface area contributed by atoms with E-state index in [1.807, 2.05) is 25.1 Å². The summed E-state index contributed by atoms with van der Waals surface area (Å²) in [6, 6.07) is 12.6. The van der Waals surface area contributed by atoms with E-state index in [-0.39, 0.29) is 24.2 Å². The van der Waals surface area contributed by atoms with Gasteiger partial charge in [0.25, 0.3) is 11.8 Å². The van der Waals surface area contributed by atoms with Gasteiger partial charge >= 0.3 is 0 Å². The van der Waals surface area contributed by atoms with Crippen LogP contribution in [0, 0.1) is 6.92 Å². The number of carbonyl (C=O) groups is 2. The normalized spacial score (nSPS) is 14.9. The Hall–Kier alpha value is -3.25. The summed E-state index contributed by atoms with van der Waals surface area (Å²) in [5.74, 6) is -0.775. The van der Waals surface area contributed by atoms with E-state index in [2.05, 4.69) is 9.97 Å². The molecule has 0 spiro atoms. The van der Waals surface area contributed by atoms with Gasteiger partial charge in [0.15, 0.2) is 0 Å². The van der Waals surface area contributed by atoms with Crippen molar-refractivity contribution in [3.8, 4) is 0 Å². The SMILES string of the molecule is Cc1ncccc1C(=O)N(Cc1cccnc1C(N)=O)[C@@H]1CCc2ccc(Cl)cc21. The lowest BCUT2D eigenvalue weighted by Crippen LogP contribution is -2.35. The van der Waals surface area contributed by atoms with Crippen LogP contribution in [0.2, 0.25) is 5.02 Å². The number of halogens is 1. The molecule has 4 rings (SSSR count). The summed E-state index contributed by atoms with van der Waals surface area (Å²) in [7, 11) is 0. The molecule has 1 aliphatic rings. The van der Waals surface area contributed by atoms with Crippen LogP contribution in [0.5, 0.6) is 0 Å². The maximum absolute atomic E-state index is 13.6. The van der Waals surface area contributed by atoms with Crippen LogP contribution in [0.4, 0.5) is 0 Å². The average molecular weight is 421 g/mol. The third-order valence-electron chi connectivity index (χ3n) is 5.49. The molecule has 1 aliphatic carbocycles. The monoisotopic (exact) mass is 420 g/mol. The fraction of sp³-hybridized carbons (Fsp3) is 0.217. The van der Waals surface area contributed by atoms with Gasteiger partial charge in [0.05, 0.1) is 11.6 Å². The lowest BCUT2D eigenvalue weighted by Gasteiger charge is -2.31. The summed E-state index contributed by atoms with van der Waals surface area (Å²) < 4.78 is 0. The van der Waals surface area contributed by atoms with Crippen molar-refractivity contribution >= 4 is 23.4 Å². The third kappa shape index (κ3) is 3.78. The Balaban J connectivity index is 1.79. The van der Waals surface area contributed by atoms with Crippen molar-refractivity contribution in [1.82, 2.24) is 14.9 Å². The molecule has 2 aromatic heterocycles. The lowest BCUT2D eigenvalue weighted by atomic mass is 10.0. The first-order valence-electron chi connectivity index (χ1n) is 9.70. The van der Waals surface area contributed by atoms with Gasteiger partial charge in [0, 0.05) is 35.2 Å². The van der Waals surface area contributed by atoms with Gasteiger partial charge in [0.2, 0.25) is 0 Å². The first-order valence-corrected chi connectivity index (χ1v) is 10.1. The topological polar surface area (TPSA) is 89.2 Å². The highest BCUT2D eigenvalue weighted by Crippen LogP contribution is 2.39. The summed E-state index contributed by atoms with van der Waals surface area (Å²) in [5.41, 5.74) is 9.67. The number of pyridine rings is 2. The number of aryl methyl sites for hydroxylation is 2. The molecule has 0 fully saturated rings. The Bertz CT molecular complexity index is 1130. The number of hydrogen-bond donors (Lipinski definition) is 1. The first-order chi connectivity index (χ1) is 14.5. The number of benzene rings is 1. The average Bonchev–Trinajstić information content (AvgIpc) is 3.15. The van der Waals surface area contributed by atoms with Gasteiger partial charge in [-0.2, -0.15) is 0 Å². The molecule has 2 heterocycles. The maximum Gasteiger partial charge on any atom is 0.267 e. The number of fused-ring (bicyclic) bond motifs is 1. The number of nitrogens with two attached hydrogens (primary N) is 1. The lowest BCUT2D eigenvalue weighted by molar-refractivity contribution is 0.0654. The molecule has 0 saturated carbocycles. The fourth-order valence-electron chi connectivity index (χ4n) is 4.04. The zero-order chi connectivity index (χ0) is 21.3. The Kier molecular flexibility index (Phi) is 5.50. The van der Waals surface area contributed by atoms with Crippen molar-refractivity contribution in [1.29, 1.82) is 0 Å². The molecular weight excluding hydrogens is 400 g/mol. The molecule has 152 valence electrons. The Labute approximate surface area is 179 Å². The zero-order valence-corrected chi connectivity index (χ0v) is 17.3. The van der Waals surface area contributed by atoms with Gasteiger partial charge in [-0.1, -0.05) is 23.7 Å². The van der Waals surface area contributed by atoms with Crippen molar-refractivity contribution in [2.24, 2.45) is 5.73 Å². The highest BCUT2D eigenvalue weighted by Gasteiger charge is 2.33. The second kappa shape index (κ2) is 8.24. The van der Waals surface area contributed by atoms with Gasteiger partial charge in [-0.25, -0.2) is 0 Å². The second-order valence-electron chi connectivity index (χ2n) is 7.34. The minimum Gasteiger partial charge on any atom is -0.364 e.